The quantitative estimate of drug-likeness (QED) is 0.540. The molecule has 0 bridgehead atoms. The summed E-state index contributed by atoms with van der Waals surface area (Å²) in [6.45, 7) is 0. The van der Waals surface area contributed by atoms with Crippen LogP contribution < -0.4 is 0 Å². The maximum Gasteiger partial charge on any atom is 0 e. The van der Waals surface area contributed by atoms with Gasteiger partial charge in [0.05, 0.1) is 0 Å². The normalized spacial score (nSPS) is 0. The van der Waals surface area contributed by atoms with Crippen LogP contribution in [0.1, 0.15) is 0 Å². The second kappa shape index (κ2) is 43.7. The summed E-state index contributed by atoms with van der Waals surface area (Å²) in [5.74, 6) is 0. The molecule has 0 atom stereocenters. The molecule has 58 valence electrons. The molecule has 6 heteroatoms. The first-order valence-corrected chi connectivity index (χ1v) is 0. The van der Waals surface area contributed by atoms with Crippen molar-refractivity contribution in [2.24, 2.45) is 0 Å². The molecule has 0 aromatic carbocycles. The first-order valence-electron chi connectivity index (χ1n) is 0. The maximum absolute atomic E-state index is 0. The molecule has 0 unspecified atom stereocenters. The Morgan fingerprint density at radius 1 is 0.333 bits per heavy atom. The molecule has 0 aromatic heterocycles. The van der Waals surface area contributed by atoms with E-state index in [1.165, 1.54) is 0 Å². The predicted molar refractivity (Wildman–Crippen MR) is 0 cm³/mol. The van der Waals surface area contributed by atoms with E-state index in [4.69, 9.17) is 0 Å². The summed E-state index contributed by atoms with van der Waals surface area (Å²) in [6.07, 6.45) is 0. The van der Waals surface area contributed by atoms with Crippen LogP contribution in [0.3, 0.4) is 0 Å². The molecular formula is FeNi5. The third-order valence-electron chi connectivity index (χ3n) is 0. The summed E-state index contributed by atoms with van der Waals surface area (Å²) in [6, 6.07) is 0. The predicted octanol–water partition coefficient (Wildman–Crippen LogP) is -0.0150. The second-order valence-electron chi connectivity index (χ2n) is 0. The van der Waals surface area contributed by atoms with Crippen molar-refractivity contribution < 1.29 is 99.5 Å². The van der Waals surface area contributed by atoms with E-state index in [0.29, 0.717) is 0 Å². The van der Waals surface area contributed by atoms with Gasteiger partial charge in [0.15, 0.2) is 0 Å². The minimum Gasteiger partial charge on any atom is 0 e. The van der Waals surface area contributed by atoms with Crippen molar-refractivity contribution in [3.63, 3.8) is 0 Å². The third-order valence-corrected chi connectivity index (χ3v) is 0. The Morgan fingerprint density at radius 3 is 0.333 bits per heavy atom. The van der Waals surface area contributed by atoms with Crippen molar-refractivity contribution >= 4 is 0 Å². The zero-order valence-corrected chi connectivity index (χ0v) is 7.98. The molecule has 0 N–H and O–H groups in total. The molecule has 6 heavy (non-hydrogen) atoms. The van der Waals surface area contributed by atoms with E-state index < -0.39 is 0 Å². The molecule has 0 aliphatic rings. The van der Waals surface area contributed by atoms with E-state index >= 15 is 0 Å². The summed E-state index contributed by atoms with van der Waals surface area (Å²) in [4.78, 5) is 0. The van der Waals surface area contributed by atoms with Gasteiger partial charge in [-0.1, -0.05) is 0 Å². The molecule has 0 aromatic rings. The maximum atomic E-state index is 0. The van der Waals surface area contributed by atoms with Crippen molar-refractivity contribution in [2.75, 3.05) is 0 Å². The molecular weight excluding hydrogens is 349 g/mol. The number of hydrogen-bond acceptors (Lipinski definition) is 0. The second-order valence-corrected chi connectivity index (χ2v) is 0. The van der Waals surface area contributed by atoms with Gasteiger partial charge in [-0.25, -0.2) is 0 Å². The standard InChI is InChI=1S/Fe.5Ni. The molecule has 0 aliphatic heterocycles. The molecule has 0 nitrogen and oxygen atoms in total. The van der Waals surface area contributed by atoms with E-state index in [2.05, 4.69) is 0 Å². The Labute approximate surface area is 98.2 Å². The Morgan fingerprint density at radius 2 is 0.333 bits per heavy atom. The van der Waals surface area contributed by atoms with Crippen molar-refractivity contribution in [1.82, 2.24) is 0 Å². The van der Waals surface area contributed by atoms with Crippen LogP contribution in [0, 0.1) is 0 Å². The van der Waals surface area contributed by atoms with Crippen molar-refractivity contribution in [2.45, 2.75) is 0 Å². The molecule has 0 radical (unpaired) electrons. The van der Waals surface area contributed by atoms with Crippen LogP contribution in [-0.2, 0) is 99.5 Å². The largest absolute Gasteiger partial charge is 0 e. The third kappa shape index (κ3) is 28.1. The van der Waals surface area contributed by atoms with E-state index in [9.17, 15) is 0 Å². The van der Waals surface area contributed by atoms with Crippen LogP contribution in [-0.4, -0.2) is 0 Å². The van der Waals surface area contributed by atoms with Crippen LogP contribution in [0.5, 0.6) is 0 Å². The monoisotopic (exact) mass is 346 g/mol. The summed E-state index contributed by atoms with van der Waals surface area (Å²) >= 11 is 0. The smallest absolute Gasteiger partial charge is 0 e. The summed E-state index contributed by atoms with van der Waals surface area (Å²) in [5, 5.41) is 0. The van der Waals surface area contributed by atoms with Crippen LogP contribution in [0.25, 0.3) is 0 Å². The number of rotatable bonds is 0. The van der Waals surface area contributed by atoms with Crippen molar-refractivity contribution in [1.29, 1.82) is 0 Å². The molecule has 0 aliphatic carbocycles. The average Bonchev–Trinajstić information content (AvgIpc) is 0. The average molecular weight is 349 g/mol. The van der Waals surface area contributed by atoms with Crippen LogP contribution in [0.2, 0.25) is 0 Å². The minimum atomic E-state index is 0. The molecule has 0 amide bonds. The Bertz CT molecular complexity index is 3.90. The van der Waals surface area contributed by atoms with Crippen LogP contribution in [0.4, 0.5) is 0 Å². The van der Waals surface area contributed by atoms with Crippen molar-refractivity contribution in [3.8, 4) is 0 Å². The molecule has 0 spiro atoms. The SMILES string of the molecule is [Fe].[Ni].[Ni].[Ni].[Ni].[Ni]. The first kappa shape index (κ1) is 64.3. The van der Waals surface area contributed by atoms with Crippen LogP contribution in [0.15, 0.2) is 0 Å². The van der Waals surface area contributed by atoms with Gasteiger partial charge in [-0.2, -0.15) is 0 Å². The van der Waals surface area contributed by atoms with E-state index in [1.807, 2.05) is 0 Å². The van der Waals surface area contributed by atoms with Gasteiger partial charge in [0.1, 0.15) is 0 Å². The number of hydrogen-bond donors (Lipinski definition) is 0. The summed E-state index contributed by atoms with van der Waals surface area (Å²) in [5.41, 5.74) is 0. The van der Waals surface area contributed by atoms with Gasteiger partial charge in [0.25, 0.3) is 0 Å². The molecule has 0 heterocycles. The fraction of sp³-hybridized carbons (Fsp3) is 0. The van der Waals surface area contributed by atoms with Gasteiger partial charge in [0.2, 0.25) is 0 Å². The van der Waals surface area contributed by atoms with Gasteiger partial charge in [-0.05, 0) is 0 Å². The van der Waals surface area contributed by atoms with Crippen LogP contribution >= 0.6 is 0 Å². The zero-order valence-electron chi connectivity index (χ0n) is 1.93. The molecule has 0 fully saturated rings. The van der Waals surface area contributed by atoms with Crippen molar-refractivity contribution in [3.05, 3.63) is 0 Å². The van der Waals surface area contributed by atoms with Gasteiger partial charge in [-0.3, -0.25) is 0 Å². The van der Waals surface area contributed by atoms with E-state index in [1.54, 1.807) is 0 Å². The van der Waals surface area contributed by atoms with Gasteiger partial charge in [-0.15, -0.1) is 0 Å². The molecule has 0 saturated carbocycles. The topological polar surface area (TPSA) is 0 Å². The minimum absolute atomic E-state index is 0. The Kier molecular flexibility index (Phi) is 468. The molecule has 0 rings (SSSR count). The summed E-state index contributed by atoms with van der Waals surface area (Å²) < 4.78 is 0. The summed E-state index contributed by atoms with van der Waals surface area (Å²) in [7, 11) is 0. The van der Waals surface area contributed by atoms with Gasteiger partial charge in [0, 0.05) is 99.5 Å². The zero-order chi connectivity index (χ0) is 0. The molecule has 0 saturated heterocycles. The van der Waals surface area contributed by atoms with Gasteiger partial charge < -0.3 is 0 Å². The van der Waals surface area contributed by atoms with Gasteiger partial charge >= 0.3 is 0 Å². The Balaban J connectivity index is 0. The first-order chi connectivity index (χ1) is 0. The fourth-order valence-electron chi connectivity index (χ4n) is 0. The van der Waals surface area contributed by atoms with E-state index in [0.717, 1.165) is 0 Å². The van der Waals surface area contributed by atoms with E-state index in [-0.39, 0.29) is 99.5 Å². The fourth-order valence-corrected chi connectivity index (χ4v) is 0. The Hall–Kier alpha value is 2.99.